The second-order valence-corrected chi connectivity index (χ2v) is 3.76. The molecule has 0 bridgehead atoms. The highest BCUT2D eigenvalue weighted by atomic mass is 17.2. The van der Waals surface area contributed by atoms with E-state index >= 15 is 0 Å². The lowest BCUT2D eigenvalue weighted by Gasteiger charge is -2.07. The number of benzene rings is 1. The van der Waals surface area contributed by atoms with Crippen molar-refractivity contribution in [2.75, 3.05) is 0 Å². The monoisotopic (exact) mass is 236 g/mol. The van der Waals surface area contributed by atoms with Gasteiger partial charge in [-0.25, -0.2) is 9.68 Å². The normalized spacial score (nSPS) is 11.6. The van der Waals surface area contributed by atoms with Gasteiger partial charge in [-0.05, 0) is 31.9 Å². The zero-order valence-corrected chi connectivity index (χ0v) is 9.76. The maximum absolute atomic E-state index is 11.4. The zero-order chi connectivity index (χ0) is 12.7. The van der Waals surface area contributed by atoms with Gasteiger partial charge in [0.2, 0.25) is 0 Å². The standard InChI is InChI=1S/C13H16O4/c1-10(8-9-11(2)14)13(15)17-16-12-6-4-3-5-7-12/h3-7,11,14H,1,8-9H2,2H3. The molecule has 0 spiro atoms. The quantitative estimate of drug-likeness (QED) is 0.467. The van der Waals surface area contributed by atoms with Gasteiger partial charge < -0.3 is 5.11 Å². The first-order valence-electron chi connectivity index (χ1n) is 5.39. The smallest absolute Gasteiger partial charge is 0.381 e. The molecule has 1 aromatic carbocycles. The van der Waals surface area contributed by atoms with Crippen molar-refractivity contribution in [1.29, 1.82) is 0 Å². The van der Waals surface area contributed by atoms with Crippen LogP contribution in [0, 0.1) is 0 Å². The molecule has 0 aliphatic rings. The molecule has 1 rings (SSSR count). The van der Waals surface area contributed by atoms with Crippen molar-refractivity contribution in [3.8, 4) is 5.75 Å². The maximum Gasteiger partial charge on any atom is 0.381 e. The van der Waals surface area contributed by atoms with Gasteiger partial charge in [0.25, 0.3) is 0 Å². The van der Waals surface area contributed by atoms with Crippen LogP contribution < -0.4 is 4.89 Å². The molecule has 1 atom stereocenters. The van der Waals surface area contributed by atoms with Gasteiger partial charge >= 0.3 is 5.97 Å². The van der Waals surface area contributed by atoms with Crippen LogP contribution in [0.1, 0.15) is 19.8 Å². The molecule has 0 heterocycles. The molecule has 0 aromatic heterocycles. The molecular weight excluding hydrogens is 220 g/mol. The Morgan fingerprint density at radius 2 is 2.06 bits per heavy atom. The highest BCUT2D eigenvalue weighted by Gasteiger charge is 2.11. The maximum atomic E-state index is 11.4. The zero-order valence-electron chi connectivity index (χ0n) is 9.76. The largest absolute Gasteiger partial charge is 0.393 e. The molecule has 0 radical (unpaired) electrons. The van der Waals surface area contributed by atoms with E-state index in [9.17, 15) is 4.79 Å². The minimum atomic E-state index is -0.616. The molecule has 1 aromatic rings. The lowest BCUT2D eigenvalue weighted by atomic mass is 10.1. The number of carbonyl (C=O) groups excluding carboxylic acids is 1. The Labute approximate surface area is 100 Å². The van der Waals surface area contributed by atoms with Gasteiger partial charge in [0.15, 0.2) is 5.75 Å². The summed E-state index contributed by atoms with van der Waals surface area (Å²) in [6.45, 7) is 5.23. The van der Waals surface area contributed by atoms with E-state index in [1.807, 2.05) is 6.07 Å². The summed E-state index contributed by atoms with van der Waals surface area (Å²) in [4.78, 5) is 20.8. The van der Waals surface area contributed by atoms with Crippen molar-refractivity contribution in [3.63, 3.8) is 0 Å². The first-order valence-corrected chi connectivity index (χ1v) is 5.39. The van der Waals surface area contributed by atoms with E-state index < -0.39 is 12.1 Å². The Hall–Kier alpha value is -1.81. The molecule has 92 valence electrons. The molecule has 0 aliphatic heterocycles. The number of aliphatic hydroxyl groups is 1. The van der Waals surface area contributed by atoms with Crippen LogP contribution in [0.5, 0.6) is 5.75 Å². The third-order valence-electron chi connectivity index (χ3n) is 2.11. The molecule has 4 nitrogen and oxygen atoms in total. The van der Waals surface area contributed by atoms with Crippen LogP contribution in [0.25, 0.3) is 0 Å². The van der Waals surface area contributed by atoms with Gasteiger partial charge in [-0.3, -0.25) is 4.89 Å². The number of hydrogen-bond acceptors (Lipinski definition) is 4. The average molecular weight is 236 g/mol. The van der Waals surface area contributed by atoms with E-state index in [1.165, 1.54) is 0 Å². The molecule has 17 heavy (non-hydrogen) atoms. The summed E-state index contributed by atoms with van der Waals surface area (Å²) in [6.07, 6.45) is 0.392. The molecular formula is C13H16O4. The van der Waals surface area contributed by atoms with Crippen molar-refractivity contribution < 1.29 is 19.7 Å². The van der Waals surface area contributed by atoms with E-state index in [0.717, 1.165) is 0 Å². The summed E-state index contributed by atoms with van der Waals surface area (Å²) in [5.74, 6) is -0.168. The van der Waals surface area contributed by atoms with E-state index in [0.29, 0.717) is 18.6 Å². The van der Waals surface area contributed by atoms with Crippen molar-refractivity contribution in [1.82, 2.24) is 0 Å². The SMILES string of the molecule is C=C(CCC(C)O)C(=O)OOc1ccccc1. The van der Waals surface area contributed by atoms with Crippen molar-refractivity contribution >= 4 is 5.97 Å². The van der Waals surface area contributed by atoms with Gasteiger partial charge in [0.1, 0.15) is 0 Å². The van der Waals surface area contributed by atoms with E-state index in [2.05, 4.69) is 11.5 Å². The van der Waals surface area contributed by atoms with Gasteiger partial charge in [-0.15, -0.1) is 0 Å². The third-order valence-corrected chi connectivity index (χ3v) is 2.11. The van der Waals surface area contributed by atoms with Crippen LogP contribution in [0.3, 0.4) is 0 Å². The van der Waals surface area contributed by atoms with Crippen LogP contribution in [0.4, 0.5) is 0 Å². The lowest BCUT2D eigenvalue weighted by molar-refractivity contribution is -0.208. The summed E-state index contributed by atoms with van der Waals surface area (Å²) in [7, 11) is 0. The Morgan fingerprint density at radius 3 is 2.65 bits per heavy atom. The highest BCUT2D eigenvalue weighted by Crippen LogP contribution is 2.11. The molecule has 4 heteroatoms. The third kappa shape index (κ3) is 5.17. The molecule has 0 saturated heterocycles. The fourth-order valence-corrected chi connectivity index (χ4v) is 1.11. The second-order valence-electron chi connectivity index (χ2n) is 3.76. The topological polar surface area (TPSA) is 55.8 Å². The molecule has 0 amide bonds. The van der Waals surface area contributed by atoms with E-state index in [-0.39, 0.29) is 5.57 Å². The fourth-order valence-electron chi connectivity index (χ4n) is 1.11. The lowest BCUT2D eigenvalue weighted by Crippen LogP contribution is -2.11. The Bertz CT molecular complexity index is 370. The van der Waals surface area contributed by atoms with Crippen molar-refractivity contribution in [3.05, 3.63) is 42.5 Å². The number of carbonyl (C=O) groups is 1. The van der Waals surface area contributed by atoms with Gasteiger partial charge in [-0.1, -0.05) is 24.8 Å². The fraction of sp³-hybridized carbons (Fsp3) is 0.308. The number of para-hydroxylation sites is 1. The minimum absolute atomic E-state index is 0.279. The summed E-state index contributed by atoms with van der Waals surface area (Å²) in [5, 5.41) is 9.07. The minimum Gasteiger partial charge on any atom is -0.393 e. The molecule has 0 aliphatic carbocycles. The summed E-state index contributed by atoms with van der Waals surface area (Å²) in [5.41, 5.74) is 0.279. The molecule has 0 saturated carbocycles. The molecule has 1 unspecified atom stereocenters. The predicted molar refractivity (Wildman–Crippen MR) is 63.2 cm³/mol. The number of hydrogen-bond donors (Lipinski definition) is 1. The average Bonchev–Trinajstić information content (AvgIpc) is 2.34. The Balaban J connectivity index is 2.32. The first-order chi connectivity index (χ1) is 8.09. The van der Waals surface area contributed by atoms with E-state index in [1.54, 1.807) is 31.2 Å². The van der Waals surface area contributed by atoms with Gasteiger partial charge in [0, 0.05) is 5.57 Å². The second kappa shape index (κ2) is 6.70. The van der Waals surface area contributed by atoms with Crippen molar-refractivity contribution in [2.45, 2.75) is 25.9 Å². The number of rotatable bonds is 6. The van der Waals surface area contributed by atoms with Crippen LogP contribution >= 0.6 is 0 Å². The van der Waals surface area contributed by atoms with Crippen molar-refractivity contribution in [2.24, 2.45) is 0 Å². The van der Waals surface area contributed by atoms with Crippen LogP contribution in [0.2, 0.25) is 0 Å². The summed E-state index contributed by atoms with van der Waals surface area (Å²) >= 11 is 0. The first kappa shape index (κ1) is 13.3. The van der Waals surface area contributed by atoms with Crippen LogP contribution in [-0.2, 0) is 9.68 Å². The summed E-state index contributed by atoms with van der Waals surface area (Å²) < 4.78 is 0. The highest BCUT2D eigenvalue weighted by molar-refractivity contribution is 5.87. The Kier molecular flexibility index (Phi) is 5.23. The van der Waals surface area contributed by atoms with Gasteiger partial charge in [-0.2, -0.15) is 0 Å². The van der Waals surface area contributed by atoms with Crippen LogP contribution in [-0.4, -0.2) is 17.2 Å². The molecule has 0 fully saturated rings. The van der Waals surface area contributed by atoms with E-state index in [4.69, 9.17) is 9.99 Å². The molecule has 1 N–H and O–H groups in total. The summed E-state index contributed by atoms with van der Waals surface area (Å²) in [6, 6.07) is 8.71. The van der Waals surface area contributed by atoms with Crippen LogP contribution in [0.15, 0.2) is 42.5 Å². The predicted octanol–water partition coefficient (Wildman–Crippen LogP) is 2.24. The van der Waals surface area contributed by atoms with Gasteiger partial charge in [0.05, 0.1) is 6.10 Å². The number of aliphatic hydroxyl groups excluding tert-OH is 1. The Morgan fingerprint density at radius 1 is 1.41 bits per heavy atom.